The molecule has 1 atom stereocenters. The Morgan fingerprint density at radius 3 is 1.93 bits per heavy atom. The molecule has 0 radical (unpaired) electrons. The maximum Gasteiger partial charge on any atom is 0.138 e. The first kappa shape index (κ1) is 19.7. The van der Waals surface area contributed by atoms with Gasteiger partial charge in [-0.3, -0.25) is 0 Å². The third kappa shape index (κ3) is 3.54. The first-order chi connectivity index (χ1) is 12.6. The lowest BCUT2D eigenvalue weighted by atomic mass is 9.88. The summed E-state index contributed by atoms with van der Waals surface area (Å²) < 4.78 is 2.70. The zero-order chi connectivity index (χ0) is 20.0. The average Bonchev–Trinajstić information content (AvgIpc) is 2.87. The molecule has 2 aromatic carbocycles. The van der Waals surface area contributed by atoms with Gasteiger partial charge in [0.2, 0.25) is 0 Å². The summed E-state index contributed by atoms with van der Waals surface area (Å²) in [5, 5.41) is 10.3. The van der Waals surface area contributed by atoms with E-state index in [-0.39, 0.29) is 5.92 Å². The highest BCUT2D eigenvalue weighted by Gasteiger charge is 2.43. The van der Waals surface area contributed by atoms with Gasteiger partial charge in [0.25, 0.3) is 0 Å². The van der Waals surface area contributed by atoms with E-state index in [1.54, 1.807) is 0 Å². The molecule has 4 heteroatoms. The van der Waals surface area contributed by atoms with Gasteiger partial charge < -0.3 is 4.23 Å². The van der Waals surface area contributed by atoms with Gasteiger partial charge in [-0.15, -0.1) is 0 Å². The number of benzene rings is 2. The van der Waals surface area contributed by atoms with Crippen LogP contribution in [0, 0.1) is 18.3 Å². The van der Waals surface area contributed by atoms with Gasteiger partial charge >= 0.3 is 0 Å². The van der Waals surface area contributed by atoms with Crippen molar-refractivity contribution in [1.82, 2.24) is 4.23 Å². The molecule has 1 aliphatic carbocycles. The summed E-state index contributed by atoms with van der Waals surface area (Å²) in [7, 11) is -3.33. The number of allylic oxidation sites excluding steroid dienone is 1. The quantitative estimate of drug-likeness (QED) is 0.569. The van der Waals surface area contributed by atoms with Crippen molar-refractivity contribution in [1.29, 1.82) is 5.26 Å². The lowest BCUT2D eigenvalue weighted by Crippen LogP contribution is -2.57. The van der Waals surface area contributed by atoms with Gasteiger partial charge in [0, 0.05) is 17.2 Å². The van der Waals surface area contributed by atoms with Crippen molar-refractivity contribution in [2.24, 2.45) is 0 Å². The normalized spacial score (nSPS) is 16.9. The van der Waals surface area contributed by atoms with E-state index in [4.69, 9.17) is 0 Å². The second-order valence-corrected chi connectivity index (χ2v) is 19.5. The van der Waals surface area contributed by atoms with Gasteiger partial charge in [-0.1, -0.05) is 93.4 Å². The Labute approximate surface area is 166 Å². The van der Waals surface area contributed by atoms with Gasteiger partial charge in [-0.05, 0) is 18.1 Å². The molecule has 2 nitrogen and oxygen atoms in total. The van der Waals surface area contributed by atoms with Gasteiger partial charge in [0.1, 0.15) is 16.5 Å². The van der Waals surface area contributed by atoms with Crippen LogP contribution in [0.25, 0.3) is 5.70 Å². The van der Waals surface area contributed by atoms with E-state index in [9.17, 15) is 5.26 Å². The molecule has 0 aliphatic heterocycles. The van der Waals surface area contributed by atoms with Crippen LogP contribution >= 0.6 is 0 Å². The van der Waals surface area contributed by atoms with Crippen molar-refractivity contribution < 1.29 is 0 Å². The van der Waals surface area contributed by atoms with Gasteiger partial charge in [0.15, 0.2) is 0 Å². The van der Waals surface area contributed by atoms with Gasteiger partial charge in [-0.25, -0.2) is 0 Å². The number of nitriles is 1. The highest BCUT2D eigenvalue weighted by molar-refractivity contribution is 6.91. The average molecular weight is 391 g/mol. The minimum atomic E-state index is -1.67. The van der Waals surface area contributed by atoms with E-state index < -0.39 is 16.5 Å². The summed E-state index contributed by atoms with van der Waals surface area (Å²) in [6.45, 7) is 16.5. The Kier molecular flexibility index (Phi) is 4.96. The molecule has 140 valence electrons. The Bertz CT molecular complexity index is 909. The van der Waals surface area contributed by atoms with Crippen molar-refractivity contribution >= 4 is 22.2 Å². The van der Waals surface area contributed by atoms with Crippen LogP contribution in [0.1, 0.15) is 28.2 Å². The predicted octanol–water partition coefficient (Wildman–Crippen LogP) is 6.35. The van der Waals surface area contributed by atoms with E-state index in [1.807, 2.05) is 0 Å². The lowest BCUT2D eigenvalue weighted by Gasteiger charge is -2.47. The SMILES string of the molecule is Cc1ccc(C2C(C#N)=C(N([Si](C)(C)C)[Si](C)(C)C)c3ccccc32)cc1. The van der Waals surface area contributed by atoms with Crippen molar-refractivity contribution in [2.75, 3.05) is 0 Å². The number of rotatable bonds is 4. The first-order valence-corrected chi connectivity index (χ1v) is 16.6. The summed E-state index contributed by atoms with van der Waals surface area (Å²) in [6, 6.07) is 19.9. The van der Waals surface area contributed by atoms with Crippen LogP contribution in [0.4, 0.5) is 0 Å². The predicted molar refractivity (Wildman–Crippen MR) is 121 cm³/mol. The molecule has 0 saturated carbocycles. The van der Waals surface area contributed by atoms with Crippen LogP contribution in [0.15, 0.2) is 54.1 Å². The molecule has 0 heterocycles. The summed E-state index contributed by atoms with van der Waals surface area (Å²) in [5.74, 6) is 0.0389. The molecule has 0 aromatic heterocycles. The van der Waals surface area contributed by atoms with Crippen LogP contribution in [0.2, 0.25) is 39.3 Å². The Morgan fingerprint density at radius 2 is 1.41 bits per heavy atom. The topological polar surface area (TPSA) is 27.0 Å². The third-order valence-corrected chi connectivity index (χ3v) is 12.3. The Balaban J connectivity index is 2.32. The highest BCUT2D eigenvalue weighted by atomic mass is 28.4. The zero-order valence-corrected chi connectivity index (χ0v) is 19.6. The number of aryl methyl sites for hydroxylation is 1. The fourth-order valence-corrected chi connectivity index (χ4v) is 14.4. The molecule has 0 saturated heterocycles. The first-order valence-electron chi connectivity index (χ1n) is 9.66. The van der Waals surface area contributed by atoms with Crippen LogP contribution < -0.4 is 0 Å². The van der Waals surface area contributed by atoms with Gasteiger partial charge in [0.05, 0.1) is 11.6 Å². The highest BCUT2D eigenvalue weighted by Crippen LogP contribution is 2.48. The maximum atomic E-state index is 10.3. The van der Waals surface area contributed by atoms with E-state index in [0.717, 1.165) is 5.57 Å². The Morgan fingerprint density at radius 1 is 0.852 bits per heavy atom. The van der Waals surface area contributed by atoms with Crippen molar-refractivity contribution in [3.63, 3.8) is 0 Å². The molecule has 27 heavy (non-hydrogen) atoms. The van der Waals surface area contributed by atoms with Crippen LogP contribution in [0.5, 0.6) is 0 Å². The number of nitrogens with zero attached hydrogens (tertiary/aromatic N) is 2. The maximum absolute atomic E-state index is 10.3. The molecule has 0 spiro atoms. The fourth-order valence-electron chi connectivity index (χ4n) is 4.54. The molecule has 0 bridgehead atoms. The van der Waals surface area contributed by atoms with E-state index in [1.165, 1.54) is 28.0 Å². The summed E-state index contributed by atoms with van der Waals surface area (Å²) in [4.78, 5) is 0. The van der Waals surface area contributed by atoms with Crippen molar-refractivity contribution in [3.05, 3.63) is 76.4 Å². The molecule has 3 rings (SSSR count). The standard InChI is InChI=1S/C23H30N2Si2/c1-17-12-14-18(15-13-17)22-19-10-8-9-11-20(19)23(21(22)16-24)25(26(2,3)4)27(5,6)7/h8-15,22H,1-7H3. The lowest BCUT2D eigenvalue weighted by molar-refractivity contribution is 0.856. The smallest absolute Gasteiger partial charge is 0.138 e. The second kappa shape index (κ2) is 6.81. The van der Waals surface area contributed by atoms with E-state index in [2.05, 4.69) is 105 Å². The summed E-state index contributed by atoms with van der Waals surface area (Å²) >= 11 is 0. The molecule has 0 N–H and O–H groups in total. The molecular weight excluding hydrogens is 360 g/mol. The largest absolute Gasteiger partial charge is 0.423 e. The van der Waals surface area contributed by atoms with Crippen LogP contribution in [0.3, 0.4) is 0 Å². The minimum Gasteiger partial charge on any atom is -0.423 e. The third-order valence-electron chi connectivity index (χ3n) is 5.17. The summed E-state index contributed by atoms with van der Waals surface area (Å²) in [5.41, 5.74) is 7.12. The van der Waals surface area contributed by atoms with E-state index in [0.29, 0.717) is 0 Å². The molecule has 0 amide bonds. The zero-order valence-electron chi connectivity index (χ0n) is 17.6. The monoisotopic (exact) mass is 390 g/mol. The Hall–Kier alpha value is -2.10. The van der Waals surface area contributed by atoms with Crippen molar-refractivity contribution in [3.8, 4) is 6.07 Å². The molecule has 2 aromatic rings. The number of fused-ring (bicyclic) bond motifs is 1. The van der Waals surface area contributed by atoms with Crippen LogP contribution in [-0.4, -0.2) is 20.7 Å². The fraction of sp³-hybridized carbons (Fsp3) is 0.348. The minimum absolute atomic E-state index is 0.0389. The van der Waals surface area contributed by atoms with Gasteiger partial charge in [-0.2, -0.15) is 5.26 Å². The van der Waals surface area contributed by atoms with E-state index >= 15 is 0 Å². The molecular formula is C23H30N2Si2. The molecule has 1 aliphatic rings. The second-order valence-electron chi connectivity index (χ2n) is 9.48. The van der Waals surface area contributed by atoms with Crippen LogP contribution in [-0.2, 0) is 0 Å². The van der Waals surface area contributed by atoms with Crippen molar-refractivity contribution in [2.45, 2.75) is 52.1 Å². The number of hydrogen-bond acceptors (Lipinski definition) is 2. The number of hydrogen-bond donors (Lipinski definition) is 0. The summed E-state index contributed by atoms with van der Waals surface area (Å²) in [6.07, 6.45) is 0. The molecule has 1 unspecified atom stereocenters. The molecule has 0 fully saturated rings.